The third-order valence-corrected chi connectivity index (χ3v) is 4.31. The number of ether oxygens (including phenoxy) is 1. The fourth-order valence-corrected chi connectivity index (χ4v) is 2.68. The van der Waals surface area contributed by atoms with Gasteiger partial charge in [0.05, 0.1) is 6.61 Å². The van der Waals surface area contributed by atoms with Crippen LogP contribution in [0.2, 0.25) is 0 Å². The molecular weight excluding hydrogens is 354 g/mol. The van der Waals surface area contributed by atoms with E-state index in [9.17, 15) is 9.90 Å². The van der Waals surface area contributed by atoms with E-state index in [4.69, 9.17) is 9.57 Å². The number of phenolic OH excluding ortho intramolecular Hbond substituents is 1. The first-order valence-electron chi connectivity index (χ1n) is 9.82. The summed E-state index contributed by atoms with van der Waals surface area (Å²) in [5.74, 6) is 0.959. The van der Waals surface area contributed by atoms with Crippen molar-refractivity contribution in [3.8, 4) is 11.5 Å². The van der Waals surface area contributed by atoms with Crippen LogP contribution in [0.5, 0.6) is 11.5 Å². The molecule has 0 heterocycles. The van der Waals surface area contributed by atoms with Crippen molar-refractivity contribution in [2.45, 2.75) is 52.1 Å². The SMILES string of the molecule is CCCCCCCCOc1ccc(CON=C([C]=O)c2ccc(O)cc2)cc1. The molecule has 1 N–H and O–H groups in total. The van der Waals surface area contributed by atoms with Crippen LogP contribution in [0.15, 0.2) is 53.7 Å². The average Bonchev–Trinajstić information content (AvgIpc) is 2.72. The van der Waals surface area contributed by atoms with Crippen molar-refractivity contribution in [1.82, 2.24) is 0 Å². The van der Waals surface area contributed by atoms with Gasteiger partial charge in [-0.3, -0.25) is 4.79 Å². The Bertz CT molecular complexity index is 723. The van der Waals surface area contributed by atoms with Crippen LogP contribution in [-0.4, -0.2) is 23.7 Å². The zero-order valence-corrected chi connectivity index (χ0v) is 16.4. The van der Waals surface area contributed by atoms with Crippen molar-refractivity contribution in [3.63, 3.8) is 0 Å². The highest BCUT2D eigenvalue weighted by molar-refractivity contribution is 6.36. The van der Waals surface area contributed by atoms with Gasteiger partial charge >= 0.3 is 0 Å². The molecule has 0 spiro atoms. The number of nitrogens with zero attached hydrogens (tertiary/aromatic N) is 1. The highest BCUT2D eigenvalue weighted by atomic mass is 16.6. The lowest BCUT2D eigenvalue weighted by atomic mass is 10.1. The van der Waals surface area contributed by atoms with Crippen molar-refractivity contribution in [2.75, 3.05) is 6.61 Å². The Morgan fingerprint density at radius 3 is 2.32 bits per heavy atom. The van der Waals surface area contributed by atoms with Gasteiger partial charge < -0.3 is 14.7 Å². The first-order chi connectivity index (χ1) is 13.7. The van der Waals surface area contributed by atoms with Crippen LogP contribution in [0, 0.1) is 0 Å². The van der Waals surface area contributed by atoms with Crippen molar-refractivity contribution >= 4 is 12.0 Å². The van der Waals surface area contributed by atoms with Gasteiger partial charge in [0.15, 0.2) is 5.71 Å². The number of hydrogen-bond acceptors (Lipinski definition) is 5. The minimum atomic E-state index is 0.0545. The second-order valence-corrected chi connectivity index (χ2v) is 6.62. The van der Waals surface area contributed by atoms with Gasteiger partial charge in [-0.05, 0) is 48.4 Å². The summed E-state index contributed by atoms with van der Waals surface area (Å²) in [5, 5.41) is 13.1. The minimum absolute atomic E-state index is 0.0545. The largest absolute Gasteiger partial charge is 0.508 e. The highest BCUT2D eigenvalue weighted by Crippen LogP contribution is 2.15. The van der Waals surface area contributed by atoms with E-state index in [1.165, 1.54) is 44.2 Å². The summed E-state index contributed by atoms with van der Waals surface area (Å²) in [6.45, 7) is 3.19. The Morgan fingerprint density at radius 2 is 1.64 bits per heavy atom. The molecule has 0 atom stereocenters. The molecule has 1 radical (unpaired) electrons. The third-order valence-electron chi connectivity index (χ3n) is 4.31. The fourth-order valence-electron chi connectivity index (χ4n) is 2.68. The lowest BCUT2D eigenvalue weighted by molar-refractivity contribution is 0.131. The molecule has 0 aliphatic carbocycles. The van der Waals surface area contributed by atoms with Gasteiger partial charge in [0.2, 0.25) is 0 Å². The second-order valence-electron chi connectivity index (χ2n) is 6.62. The summed E-state index contributed by atoms with van der Waals surface area (Å²) in [5.41, 5.74) is 1.51. The number of hydrogen-bond donors (Lipinski definition) is 1. The van der Waals surface area contributed by atoms with E-state index in [0.29, 0.717) is 5.56 Å². The maximum absolute atomic E-state index is 11.1. The monoisotopic (exact) mass is 382 g/mol. The summed E-state index contributed by atoms with van der Waals surface area (Å²) in [6.07, 6.45) is 9.20. The molecule has 0 saturated carbocycles. The van der Waals surface area contributed by atoms with Crippen LogP contribution in [0.4, 0.5) is 0 Å². The number of unbranched alkanes of at least 4 members (excludes halogenated alkanes) is 5. The molecule has 0 saturated heterocycles. The standard InChI is InChI=1S/C23H28NO4/c1-2-3-4-5-6-7-16-27-22-14-8-19(9-15-22)18-28-24-23(17-25)20-10-12-21(26)13-11-20/h8-15,26H,2-7,16,18H2,1H3. The summed E-state index contributed by atoms with van der Waals surface area (Å²) in [6, 6.07) is 13.8. The van der Waals surface area contributed by atoms with E-state index in [1.54, 1.807) is 18.4 Å². The molecule has 0 unspecified atom stereocenters. The lowest BCUT2D eigenvalue weighted by Gasteiger charge is -2.07. The lowest BCUT2D eigenvalue weighted by Crippen LogP contribution is -2.03. The molecule has 0 aromatic heterocycles. The van der Waals surface area contributed by atoms with Crippen molar-refractivity contribution in [1.29, 1.82) is 0 Å². The van der Waals surface area contributed by atoms with Crippen LogP contribution >= 0.6 is 0 Å². The normalized spacial score (nSPS) is 11.2. The molecule has 0 amide bonds. The zero-order valence-electron chi connectivity index (χ0n) is 16.4. The van der Waals surface area contributed by atoms with Crippen LogP contribution < -0.4 is 4.74 Å². The molecule has 5 nitrogen and oxygen atoms in total. The van der Waals surface area contributed by atoms with Gasteiger partial charge in [-0.15, -0.1) is 0 Å². The second kappa shape index (κ2) is 12.5. The van der Waals surface area contributed by atoms with E-state index >= 15 is 0 Å². The maximum atomic E-state index is 11.1. The number of carbonyl (C=O) groups excluding carboxylic acids is 1. The first-order valence-corrected chi connectivity index (χ1v) is 9.82. The smallest absolute Gasteiger partial charge is 0.257 e. The molecule has 0 aliphatic heterocycles. The van der Waals surface area contributed by atoms with Gasteiger partial charge in [0.1, 0.15) is 18.1 Å². The van der Waals surface area contributed by atoms with E-state index in [2.05, 4.69) is 12.1 Å². The molecule has 0 bridgehead atoms. The Balaban J connectivity index is 1.73. The number of aromatic hydroxyl groups is 1. The number of oxime groups is 1. The van der Waals surface area contributed by atoms with Crippen molar-refractivity contribution in [2.24, 2.45) is 5.16 Å². The first kappa shape index (κ1) is 21.5. The molecule has 0 aliphatic rings. The van der Waals surface area contributed by atoms with Gasteiger partial charge in [-0.25, -0.2) is 0 Å². The summed E-state index contributed by atoms with van der Waals surface area (Å²) < 4.78 is 5.75. The van der Waals surface area contributed by atoms with E-state index < -0.39 is 0 Å². The molecule has 5 heteroatoms. The van der Waals surface area contributed by atoms with Crippen LogP contribution in [0.25, 0.3) is 0 Å². The average molecular weight is 382 g/mol. The van der Waals surface area contributed by atoms with Gasteiger partial charge in [0, 0.05) is 5.56 Å². The predicted molar refractivity (Wildman–Crippen MR) is 110 cm³/mol. The van der Waals surface area contributed by atoms with E-state index in [1.807, 2.05) is 24.3 Å². The topological polar surface area (TPSA) is 68.1 Å². The Kier molecular flexibility index (Phi) is 9.62. The summed E-state index contributed by atoms with van der Waals surface area (Å²) >= 11 is 0. The molecule has 2 aromatic rings. The summed E-state index contributed by atoms with van der Waals surface area (Å²) in [7, 11) is 0. The van der Waals surface area contributed by atoms with Crippen LogP contribution in [-0.2, 0) is 16.2 Å². The molecule has 28 heavy (non-hydrogen) atoms. The molecular formula is C23H28NO4. The van der Waals surface area contributed by atoms with Gasteiger partial charge in [0.25, 0.3) is 6.29 Å². The molecule has 2 rings (SSSR count). The van der Waals surface area contributed by atoms with Crippen molar-refractivity contribution < 1.29 is 19.5 Å². The van der Waals surface area contributed by atoms with E-state index in [0.717, 1.165) is 24.3 Å². The zero-order chi connectivity index (χ0) is 20.0. The van der Waals surface area contributed by atoms with E-state index in [-0.39, 0.29) is 18.1 Å². The van der Waals surface area contributed by atoms with Gasteiger partial charge in [-0.2, -0.15) is 0 Å². The molecule has 0 fully saturated rings. The summed E-state index contributed by atoms with van der Waals surface area (Å²) in [4.78, 5) is 16.3. The van der Waals surface area contributed by atoms with Crippen molar-refractivity contribution in [3.05, 3.63) is 59.7 Å². The Hall–Kier alpha value is -2.82. The Labute approximate surface area is 167 Å². The minimum Gasteiger partial charge on any atom is -0.508 e. The molecule has 149 valence electrons. The maximum Gasteiger partial charge on any atom is 0.257 e. The third kappa shape index (κ3) is 7.82. The number of phenols is 1. The number of rotatable bonds is 13. The van der Waals surface area contributed by atoms with Gasteiger partial charge in [-0.1, -0.05) is 56.3 Å². The highest BCUT2D eigenvalue weighted by Gasteiger charge is 2.05. The Morgan fingerprint density at radius 1 is 0.964 bits per heavy atom. The molecule has 2 aromatic carbocycles. The predicted octanol–water partition coefficient (Wildman–Crippen LogP) is 5.16. The van der Waals surface area contributed by atoms with Crippen LogP contribution in [0.1, 0.15) is 56.6 Å². The quantitative estimate of drug-likeness (QED) is 0.295. The fraction of sp³-hybridized carbons (Fsp3) is 0.391. The number of benzene rings is 2. The van der Waals surface area contributed by atoms with Crippen LogP contribution in [0.3, 0.4) is 0 Å².